The molecule has 1 atom stereocenters. The molecule has 0 spiro atoms. The first-order chi connectivity index (χ1) is 8.61. The van der Waals surface area contributed by atoms with E-state index in [1.165, 1.54) is 0 Å². The molecule has 0 bridgehead atoms. The van der Waals surface area contributed by atoms with Gasteiger partial charge in [0.1, 0.15) is 0 Å². The Hall–Kier alpha value is -1.62. The topological polar surface area (TPSA) is 62.5 Å². The number of nitrogens with one attached hydrogen (secondary N) is 1. The first kappa shape index (κ1) is 12.8. The number of rotatable bonds is 5. The van der Waals surface area contributed by atoms with Crippen LogP contribution < -0.4 is 5.32 Å². The number of aliphatic hydroxyl groups is 1. The largest absolute Gasteiger partial charge is 0.396 e. The van der Waals surface area contributed by atoms with Crippen LogP contribution in [0.15, 0.2) is 18.3 Å². The molecule has 18 heavy (non-hydrogen) atoms. The lowest BCUT2D eigenvalue weighted by Gasteiger charge is -2.20. The smallest absolute Gasteiger partial charge is 0.243 e. The van der Waals surface area contributed by atoms with Gasteiger partial charge in [-0.3, -0.25) is 0 Å². The molecule has 2 rings (SSSR count). The van der Waals surface area contributed by atoms with Crippen LogP contribution >= 0.6 is 0 Å². The van der Waals surface area contributed by atoms with E-state index in [0.29, 0.717) is 18.3 Å². The Kier molecular flexibility index (Phi) is 3.81. The zero-order valence-electron chi connectivity index (χ0n) is 11.1. The van der Waals surface area contributed by atoms with E-state index in [0.717, 1.165) is 11.2 Å². The monoisotopic (exact) mass is 248 g/mol. The highest BCUT2D eigenvalue weighted by atomic mass is 16.3. The SMILES string of the molecule is Cc1cccn2nc(NC(CCO)C(C)C)nc12. The van der Waals surface area contributed by atoms with Crippen LogP contribution in [0.4, 0.5) is 5.95 Å². The van der Waals surface area contributed by atoms with E-state index in [1.807, 2.05) is 25.3 Å². The molecular weight excluding hydrogens is 228 g/mol. The molecule has 5 heteroatoms. The first-order valence-corrected chi connectivity index (χ1v) is 6.31. The third-order valence-electron chi connectivity index (χ3n) is 3.12. The Morgan fingerprint density at radius 1 is 1.44 bits per heavy atom. The number of pyridine rings is 1. The minimum atomic E-state index is 0.169. The average Bonchev–Trinajstić information content (AvgIpc) is 2.72. The molecule has 0 aliphatic carbocycles. The number of nitrogens with zero attached hydrogens (tertiary/aromatic N) is 3. The molecule has 0 amide bonds. The van der Waals surface area contributed by atoms with Gasteiger partial charge in [0.25, 0.3) is 0 Å². The number of hydrogen-bond donors (Lipinski definition) is 2. The van der Waals surface area contributed by atoms with Crippen molar-refractivity contribution < 1.29 is 5.11 Å². The molecule has 0 radical (unpaired) electrons. The number of aryl methyl sites for hydroxylation is 1. The Morgan fingerprint density at radius 2 is 2.22 bits per heavy atom. The van der Waals surface area contributed by atoms with Crippen molar-refractivity contribution in [1.29, 1.82) is 0 Å². The summed E-state index contributed by atoms with van der Waals surface area (Å²) in [5, 5.41) is 16.7. The van der Waals surface area contributed by atoms with Crippen LogP contribution in [0.5, 0.6) is 0 Å². The molecule has 0 saturated heterocycles. The van der Waals surface area contributed by atoms with Gasteiger partial charge in [-0.25, -0.2) is 4.52 Å². The lowest BCUT2D eigenvalue weighted by molar-refractivity contribution is 0.267. The van der Waals surface area contributed by atoms with Gasteiger partial charge in [0.2, 0.25) is 5.95 Å². The van der Waals surface area contributed by atoms with E-state index in [4.69, 9.17) is 5.11 Å². The van der Waals surface area contributed by atoms with Crippen LogP contribution in [0.2, 0.25) is 0 Å². The maximum atomic E-state index is 9.06. The molecule has 0 fully saturated rings. The summed E-state index contributed by atoms with van der Waals surface area (Å²) in [5.74, 6) is 1.04. The molecule has 0 aliphatic rings. The molecule has 2 heterocycles. The lowest BCUT2D eigenvalue weighted by atomic mass is 10.0. The molecule has 2 N–H and O–H groups in total. The third-order valence-corrected chi connectivity index (χ3v) is 3.12. The van der Waals surface area contributed by atoms with Crippen LogP contribution in [-0.2, 0) is 0 Å². The first-order valence-electron chi connectivity index (χ1n) is 6.31. The molecule has 0 saturated carbocycles. The van der Waals surface area contributed by atoms with Crippen molar-refractivity contribution in [2.24, 2.45) is 5.92 Å². The summed E-state index contributed by atoms with van der Waals surface area (Å²) >= 11 is 0. The highest BCUT2D eigenvalue weighted by Crippen LogP contribution is 2.14. The Bertz CT molecular complexity index is 521. The van der Waals surface area contributed by atoms with E-state index in [2.05, 4.69) is 29.2 Å². The van der Waals surface area contributed by atoms with E-state index < -0.39 is 0 Å². The maximum absolute atomic E-state index is 9.06. The molecule has 1 unspecified atom stereocenters. The third kappa shape index (κ3) is 2.61. The van der Waals surface area contributed by atoms with Crippen molar-refractivity contribution in [1.82, 2.24) is 14.6 Å². The number of anilines is 1. The number of fused-ring (bicyclic) bond motifs is 1. The summed E-state index contributed by atoms with van der Waals surface area (Å²) in [7, 11) is 0. The van der Waals surface area contributed by atoms with E-state index in [1.54, 1.807) is 4.52 Å². The molecule has 0 aliphatic heterocycles. The molecule has 2 aromatic rings. The number of aliphatic hydroxyl groups excluding tert-OH is 1. The predicted molar refractivity (Wildman–Crippen MR) is 71.7 cm³/mol. The molecule has 0 aromatic carbocycles. The normalized spacial score (nSPS) is 13.2. The maximum Gasteiger partial charge on any atom is 0.243 e. The second-order valence-electron chi connectivity index (χ2n) is 4.90. The predicted octanol–water partition coefficient (Wildman–Crippen LogP) is 1.86. The summed E-state index contributed by atoms with van der Waals surface area (Å²) in [6, 6.07) is 4.16. The summed E-state index contributed by atoms with van der Waals surface area (Å²) in [6.45, 7) is 6.42. The van der Waals surface area contributed by atoms with Crippen molar-refractivity contribution in [3.05, 3.63) is 23.9 Å². The zero-order chi connectivity index (χ0) is 13.1. The summed E-state index contributed by atoms with van der Waals surface area (Å²) in [6.07, 6.45) is 2.59. The van der Waals surface area contributed by atoms with Crippen LogP contribution in [0, 0.1) is 12.8 Å². The number of hydrogen-bond acceptors (Lipinski definition) is 4. The minimum absolute atomic E-state index is 0.169. The van der Waals surface area contributed by atoms with Gasteiger partial charge < -0.3 is 10.4 Å². The lowest BCUT2D eigenvalue weighted by Crippen LogP contribution is -2.27. The van der Waals surface area contributed by atoms with E-state index >= 15 is 0 Å². The summed E-state index contributed by atoms with van der Waals surface area (Å²) in [4.78, 5) is 4.48. The zero-order valence-corrected chi connectivity index (χ0v) is 11.1. The number of aromatic nitrogens is 3. The van der Waals surface area contributed by atoms with E-state index in [-0.39, 0.29) is 12.6 Å². The van der Waals surface area contributed by atoms with Gasteiger partial charge in [-0.2, -0.15) is 4.98 Å². The van der Waals surface area contributed by atoms with Crippen molar-refractivity contribution in [2.75, 3.05) is 11.9 Å². The van der Waals surface area contributed by atoms with Crippen LogP contribution in [0.1, 0.15) is 25.8 Å². The average molecular weight is 248 g/mol. The molecule has 2 aromatic heterocycles. The molecular formula is C13H20N4O. The van der Waals surface area contributed by atoms with Crippen molar-refractivity contribution >= 4 is 11.6 Å². The highest BCUT2D eigenvalue weighted by molar-refractivity contribution is 5.49. The summed E-state index contributed by atoms with van der Waals surface area (Å²) < 4.78 is 1.77. The van der Waals surface area contributed by atoms with Crippen LogP contribution in [0.25, 0.3) is 5.65 Å². The van der Waals surface area contributed by atoms with Gasteiger partial charge in [-0.05, 0) is 30.9 Å². The summed E-state index contributed by atoms with van der Waals surface area (Å²) in [5.41, 5.74) is 1.97. The Morgan fingerprint density at radius 3 is 2.83 bits per heavy atom. The molecule has 5 nitrogen and oxygen atoms in total. The minimum Gasteiger partial charge on any atom is -0.396 e. The quantitative estimate of drug-likeness (QED) is 0.847. The van der Waals surface area contributed by atoms with Gasteiger partial charge in [0, 0.05) is 18.8 Å². The highest BCUT2D eigenvalue weighted by Gasteiger charge is 2.15. The van der Waals surface area contributed by atoms with Gasteiger partial charge in [-0.15, -0.1) is 5.10 Å². The van der Waals surface area contributed by atoms with Gasteiger partial charge in [0.15, 0.2) is 5.65 Å². The Balaban J connectivity index is 2.23. The van der Waals surface area contributed by atoms with Crippen molar-refractivity contribution in [3.8, 4) is 0 Å². The van der Waals surface area contributed by atoms with Crippen molar-refractivity contribution in [3.63, 3.8) is 0 Å². The van der Waals surface area contributed by atoms with E-state index in [9.17, 15) is 0 Å². The fourth-order valence-electron chi connectivity index (χ4n) is 1.98. The Labute approximate surface area is 107 Å². The second-order valence-corrected chi connectivity index (χ2v) is 4.90. The standard InChI is InChI=1S/C13H20N4O/c1-9(2)11(6-8-18)14-13-15-12-10(3)5-4-7-17(12)16-13/h4-5,7,9,11,18H,6,8H2,1-3H3,(H,14,16). The molecule has 98 valence electrons. The van der Waals surface area contributed by atoms with Gasteiger partial charge in [0.05, 0.1) is 0 Å². The fraction of sp³-hybridized carbons (Fsp3) is 0.538. The van der Waals surface area contributed by atoms with Crippen LogP contribution in [-0.4, -0.2) is 32.4 Å². The van der Waals surface area contributed by atoms with Gasteiger partial charge in [-0.1, -0.05) is 19.9 Å². The fourth-order valence-corrected chi connectivity index (χ4v) is 1.98. The van der Waals surface area contributed by atoms with Crippen molar-refractivity contribution in [2.45, 2.75) is 33.2 Å². The van der Waals surface area contributed by atoms with Crippen LogP contribution in [0.3, 0.4) is 0 Å². The van der Waals surface area contributed by atoms with Gasteiger partial charge >= 0.3 is 0 Å². The second kappa shape index (κ2) is 5.35.